The SMILES string of the molecule is Fc1cc(CNC2CCN3CCCC23)cc(F)c1F. The van der Waals surface area contributed by atoms with E-state index in [9.17, 15) is 13.2 Å². The van der Waals surface area contributed by atoms with E-state index in [1.807, 2.05) is 0 Å². The zero-order chi connectivity index (χ0) is 13.4. The van der Waals surface area contributed by atoms with E-state index in [0.717, 1.165) is 31.6 Å². The van der Waals surface area contributed by atoms with Gasteiger partial charge in [0.2, 0.25) is 0 Å². The van der Waals surface area contributed by atoms with Gasteiger partial charge in [0, 0.05) is 25.2 Å². The van der Waals surface area contributed by atoms with Gasteiger partial charge in [0.1, 0.15) is 0 Å². The van der Waals surface area contributed by atoms with Crippen molar-refractivity contribution in [2.24, 2.45) is 0 Å². The Balaban J connectivity index is 1.63. The average molecular weight is 270 g/mol. The minimum Gasteiger partial charge on any atom is -0.308 e. The maximum Gasteiger partial charge on any atom is 0.194 e. The van der Waals surface area contributed by atoms with Gasteiger partial charge in [-0.3, -0.25) is 4.90 Å². The van der Waals surface area contributed by atoms with Crippen molar-refractivity contribution in [1.82, 2.24) is 10.2 Å². The quantitative estimate of drug-likeness (QED) is 0.849. The predicted octanol–water partition coefficient (Wildman–Crippen LogP) is 2.43. The summed E-state index contributed by atoms with van der Waals surface area (Å²) in [4.78, 5) is 2.46. The maximum absolute atomic E-state index is 13.1. The van der Waals surface area contributed by atoms with Crippen molar-refractivity contribution in [3.8, 4) is 0 Å². The van der Waals surface area contributed by atoms with Gasteiger partial charge in [-0.05, 0) is 43.5 Å². The molecule has 1 aromatic rings. The molecule has 0 bridgehead atoms. The number of hydrogen-bond acceptors (Lipinski definition) is 2. The molecule has 0 amide bonds. The Morgan fingerprint density at radius 1 is 1.11 bits per heavy atom. The van der Waals surface area contributed by atoms with Gasteiger partial charge in [-0.1, -0.05) is 0 Å². The molecule has 5 heteroatoms. The van der Waals surface area contributed by atoms with Crippen LogP contribution < -0.4 is 5.32 Å². The maximum atomic E-state index is 13.1. The first-order valence-electron chi connectivity index (χ1n) is 6.76. The van der Waals surface area contributed by atoms with Crippen molar-refractivity contribution in [2.75, 3.05) is 13.1 Å². The van der Waals surface area contributed by atoms with E-state index < -0.39 is 17.5 Å². The molecule has 2 nitrogen and oxygen atoms in total. The van der Waals surface area contributed by atoms with E-state index in [0.29, 0.717) is 24.2 Å². The van der Waals surface area contributed by atoms with Gasteiger partial charge in [0.05, 0.1) is 0 Å². The third-order valence-corrected chi connectivity index (χ3v) is 4.22. The first-order valence-corrected chi connectivity index (χ1v) is 6.76. The van der Waals surface area contributed by atoms with Crippen molar-refractivity contribution in [3.63, 3.8) is 0 Å². The fourth-order valence-corrected chi connectivity index (χ4v) is 3.28. The second-order valence-electron chi connectivity index (χ2n) is 5.40. The molecule has 2 fully saturated rings. The fourth-order valence-electron chi connectivity index (χ4n) is 3.28. The fraction of sp³-hybridized carbons (Fsp3) is 0.571. The van der Waals surface area contributed by atoms with E-state index in [2.05, 4.69) is 10.2 Å². The van der Waals surface area contributed by atoms with Crippen molar-refractivity contribution >= 4 is 0 Å². The van der Waals surface area contributed by atoms with Gasteiger partial charge in [0.15, 0.2) is 17.5 Å². The molecule has 0 radical (unpaired) electrons. The summed E-state index contributed by atoms with van der Waals surface area (Å²) < 4.78 is 39.1. The second-order valence-corrected chi connectivity index (χ2v) is 5.40. The largest absolute Gasteiger partial charge is 0.308 e. The predicted molar refractivity (Wildman–Crippen MR) is 66.2 cm³/mol. The highest BCUT2D eigenvalue weighted by atomic mass is 19.2. The van der Waals surface area contributed by atoms with E-state index >= 15 is 0 Å². The molecule has 3 rings (SSSR count). The molecule has 0 spiro atoms. The summed E-state index contributed by atoms with van der Waals surface area (Å²) in [5.41, 5.74) is 0.452. The van der Waals surface area contributed by atoms with Crippen LogP contribution in [0.5, 0.6) is 0 Å². The molecule has 19 heavy (non-hydrogen) atoms. The summed E-state index contributed by atoms with van der Waals surface area (Å²) in [7, 11) is 0. The number of rotatable bonds is 3. The van der Waals surface area contributed by atoms with Crippen molar-refractivity contribution < 1.29 is 13.2 Å². The molecule has 2 aliphatic rings. The monoisotopic (exact) mass is 270 g/mol. The summed E-state index contributed by atoms with van der Waals surface area (Å²) in [5.74, 6) is -3.64. The van der Waals surface area contributed by atoms with Gasteiger partial charge in [0.25, 0.3) is 0 Å². The number of fused-ring (bicyclic) bond motifs is 1. The van der Waals surface area contributed by atoms with Gasteiger partial charge in [-0.2, -0.15) is 0 Å². The van der Waals surface area contributed by atoms with Crippen LogP contribution in [0, 0.1) is 17.5 Å². The van der Waals surface area contributed by atoms with Crippen LogP contribution in [-0.4, -0.2) is 30.1 Å². The highest BCUT2D eigenvalue weighted by Crippen LogP contribution is 2.28. The van der Waals surface area contributed by atoms with Crippen LogP contribution in [0.3, 0.4) is 0 Å². The van der Waals surface area contributed by atoms with Crippen LogP contribution in [0.15, 0.2) is 12.1 Å². The third-order valence-electron chi connectivity index (χ3n) is 4.22. The molecule has 104 valence electrons. The lowest BCUT2D eigenvalue weighted by Gasteiger charge is -2.21. The lowest BCUT2D eigenvalue weighted by atomic mass is 10.1. The highest BCUT2D eigenvalue weighted by Gasteiger charge is 2.36. The van der Waals surface area contributed by atoms with Gasteiger partial charge >= 0.3 is 0 Å². The molecule has 1 N–H and O–H groups in total. The smallest absolute Gasteiger partial charge is 0.194 e. The molecule has 0 aromatic heterocycles. The minimum absolute atomic E-state index is 0.374. The van der Waals surface area contributed by atoms with Crippen LogP contribution in [0.4, 0.5) is 13.2 Å². The molecule has 1 aromatic carbocycles. The summed E-state index contributed by atoms with van der Waals surface area (Å²) in [5, 5.41) is 3.35. The lowest BCUT2D eigenvalue weighted by molar-refractivity contribution is 0.298. The molecule has 2 aliphatic heterocycles. The Bertz CT molecular complexity index is 455. The number of hydrogen-bond donors (Lipinski definition) is 1. The number of halogens is 3. The highest BCUT2D eigenvalue weighted by molar-refractivity contribution is 5.19. The van der Waals surface area contributed by atoms with Crippen molar-refractivity contribution in [2.45, 2.75) is 37.9 Å². The molecule has 2 heterocycles. The minimum atomic E-state index is -1.40. The molecule has 2 unspecified atom stereocenters. The molecule has 0 aliphatic carbocycles. The molecular formula is C14H17F3N2. The van der Waals surface area contributed by atoms with E-state index in [1.165, 1.54) is 12.8 Å². The van der Waals surface area contributed by atoms with Crippen LogP contribution >= 0.6 is 0 Å². The van der Waals surface area contributed by atoms with Crippen molar-refractivity contribution in [1.29, 1.82) is 0 Å². The Kier molecular flexibility index (Phi) is 3.50. The zero-order valence-electron chi connectivity index (χ0n) is 10.6. The summed E-state index contributed by atoms with van der Waals surface area (Å²) in [6.45, 7) is 2.63. The average Bonchev–Trinajstić information content (AvgIpc) is 2.96. The van der Waals surface area contributed by atoms with E-state index in [1.54, 1.807) is 0 Å². The first kappa shape index (κ1) is 12.9. The van der Waals surface area contributed by atoms with Crippen LogP contribution in [-0.2, 0) is 6.54 Å². The van der Waals surface area contributed by atoms with E-state index in [4.69, 9.17) is 0 Å². The zero-order valence-corrected chi connectivity index (χ0v) is 10.6. The van der Waals surface area contributed by atoms with Crippen LogP contribution in [0.1, 0.15) is 24.8 Å². The van der Waals surface area contributed by atoms with Gasteiger partial charge in [-0.25, -0.2) is 13.2 Å². The van der Waals surface area contributed by atoms with E-state index in [-0.39, 0.29) is 0 Å². The number of benzene rings is 1. The Hall–Kier alpha value is -1.07. The van der Waals surface area contributed by atoms with Crippen LogP contribution in [0.2, 0.25) is 0 Å². The summed E-state index contributed by atoms with van der Waals surface area (Å²) in [6, 6.07) is 3.05. The van der Waals surface area contributed by atoms with Gasteiger partial charge < -0.3 is 5.32 Å². The Morgan fingerprint density at radius 3 is 2.58 bits per heavy atom. The number of nitrogens with one attached hydrogen (secondary N) is 1. The van der Waals surface area contributed by atoms with Gasteiger partial charge in [-0.15, -0.1) is 0 Å². The molecule has 0 saturated carbocycles. The normalized spacial score (nSPS) is 26.9. The summed E-state index contributed by atoms with van der Waals surface area (Å²) >= 11 is 0. The molecule has 2 saturated heterocycles. The molecule has 2 atom stereocenters. The lowest BCUT2D eigenvalue weighted by Crippen LogP contribution is -2.38. The van der Waals surface area contributed by atoms with Crippen LogP contribution in [0.25, 0.3) is 0 Å². The number of nitrogens with zero attached hydrogens (tertiary/aromatic N) is 1. The Labute approximate surface area is 110 Å². The Morgan fingerprint density at radius 2 is 1.84 bits per heavy atom. The topological polar surface area (TPSA) is 15.3 Å². The molecular weight excluding hydrogens is 253 g/mol. The summed E-state index contributed by atoms with van der Waals surface area (Å²) in [6.07, 6.45) is 3.48. The third kappa shape index (κ3) is 2.49. The standard InChI is InChI=1S/C14H17F3N2/c15-10-6-9(7-11(16)14(10)17)8-18-12-3-5-19-4-1-2-13(12)19/h6-7,12-13,18H,1-5,8H2. The van der Waals surface area contributed by atoms with Crippen molar-refractivity contribution in [3.05, 3.63) is 35.1 Å². The second kappa shape index (κ2) is 5.13. The first-order chi connectivity index (χ1) is 9.15.